The van der Waals surface area contributed by atoms with E-state index >= 15 is 0 Å². The number of aromatic nitrogens is 2. The maximum absolute atomic E-state index is 14.5. The fraction of sp³-hybridized carbons (Fsp3) is 0.670. The zero-order valence-corrected chi connectivity index (χ0v) is 84.7. The number of nitrogens with one attached hydrogen (secondary N) is 21. The molecule has 1 aliphatic heterocycles. The van der Waals surface area contributed by atoms with E-state index in [4.69, 9.17) is 39.2 Å². The van der Waals surface area contributed by atoms with Gasteiger partial charge in [0, 0.05) is 44.2 Å². The van der Waals surface area contributed by atoms with E-state index in [2.05, 4.69) is 111 Å². The number of hydrogen-bond donors (Lipinski definition) is 30. The van der Waals surface area contributed by atoms with E-state index in [1.165, 1.54) is 65.8 Å². The van der Waals surface area contributed by atoms with Crippen molar-refractivity contribution in [2.24, 2.45) is 52.3 Å². The number of nitrogens with two attached hydrogens (primary N) is 5. The van der Waals surface area contributed by atoms with Gasteiger partial charge in [-0.15, -0.1) is 0 Å². The van der Waals surface area contributed by atoms with Crippen LogP contribution in [0.25, 0.3) is 0 Å². The molecule has 0 saturated carbocycles. The number of imidazole rings is 1. The molecule has 57 nitrogen and oxygen atoms in total. The second kappa shape index (κ2) is 65.7. The van der Waals surface area contributed by atoms with Crippen molar-refractivity contribution in [1.29, 1.82) is 5.41 Å². The van der Waals surface area contributed by atoms with Gasteiger partial charge < -0.3 is 160 Å². The number of nitrogens with zero attached hydrogens (tertiary/aromatic N) is 2. The number of aromatic amines is 1. The van der Waals surface area contributed by atoms with Crippen molar-refractivity contribution in [2.45, 2.75) is 301 Å². The standard InChI is InChI=1S/C88H146N28O29S/c1-13-43(7)69(85(143)108-53(26-30-146-12)78(136)109-57(34-65(123)124)80(138)103-46(10)71(129)105-50(20-15-16-27-89)75(133)99-39-67(127)128)115-86(144)70(44(8)14-2)114-82(140)56(33-64(121)122)104-62(119)37-97-76(134)51(22-24-60(91)117)106-72(130)47(11)102-79(137)54(31-41(3)4)111-84(142)68(42(5)6)113-63(120)38-98-77(135)52(23-25-61(92)118)107-81(139)55(32-48-36-95-40-100-48)110-83(141)59-21-18-29-116(59)87(145)58(35-66(125)126)112-73(131)45(9)101-74(132)49(90)19-17-28-96-88(93)94/h36,40-47,49-59,68-70H,13-35,37-39,89-90H2,1-12H3,(H2,91,117)(H2,92,118)(H,95,100)(H,97,134)(H,98,135)(H,99,133)(H,101,132)(H,102,137)(H,103,138)(H,104,119)(H,105,129)(H,106,130)(H,107,139)(H,108,143)(H,109,136)(H,110,141)(H,111,142)(H,112,131)(H,113,120)(H,114,140)(H,115,144)(H,121,122)(H,123,124)(H,125,126)(H,127,128)(H4,93,94,96)/t43-,44-,45-,46-,47-,49-,50-,51-,52-,53-,54-,55-,56-,57-,58-,59-,68-,69-,70-/m0/s1. The molecular weight excluding hydrogens is 1950 g/mol. The molecule has 0 bridgehead atoms. The smallest absolute Gasteiger partial charge is 0.322 e. The second-order valence-corrected chi connectivity index (χ2v) is 36.9. The van der Waals surface area contributed by atoms with Gasteiger partial charge in [-0.25, -0.2) is 4.98 Å². The predicted octanol–water partition coefficient (Wildman–Crippen LogP) is -10.1. The molecule has 0 spiro atoms. The van der Waals surface area contributed by atoms with Crippen molar-refractivity contribution in [2.75, 3.05) is 51.3 Å². The van der Waals surface area contributed by atoms with Crippen LogP contribution < -0.4 is 130 Å². The lowest BCUT2D eigenvalue weighted by atomic mass is 9.94. The molecule has 2 rings (SSSR count). The minimum atomic E-state index is -2.00. The number of aliphatic carboxylic acids is 4. The molecule has 0 aliphatic carbocycles. The summed E-state index contributed by atoms with van der Waals surface area (Å²) < 4.78 is 0. The van der Waals surface area contributed by atoms with Crippen LogP contribution in [0, 0.1) is 29.1 Å². The Labute approximate surface area is 846 Å². The van der Waals surface area contributed by atoms with Gasteiger partial charge in [-0.05, 0) is 134 Å². The lowest BCUT2D eigenvalue weighted by Crippen LogP contribution is -2.62. The Hall–Kier alpha value is -14.5. The number of rotatable bonds is 70. The van der Waals surface area contributed by atoms with E-state index < -0.39 is 333 Å². The van der Waals surface area contributed by atoms with Crippen molar-refractivity contribution in [1.82, 2.24) is 116 Å². The molecule has 1 aromatic rings. The molecule has 146 heavy (non-hydrogen) atoms. The summed E-state index contributed by atoms with van der Waals surface area (Å²) in [6.07, 6.45) is -0.0602. The molecule has 21 amide bonds. The first kappa shape index (κ1) is 128. The van der Waals surface area contributed by atoms with Crippen molar-refractivity contribution in [3.05, 3.63) is 18.2 Å². The van der Waals surface area contributed by atoms with Crippen molar-refractivity contribution in [3.63, 3.8) is 0 Å². The average Bonchev–Trinajstić information content (AvgIpc) is 1.69. The van der Waals surface area contributed by atoms with Crippen LogP contribution in [0.3, 0.4) is 0 Å². The van der Waals surface area contributed by atoms with Crippen LogP contribution >= 0.6 is 11.8 Å². The van der Waals surface area contributed by atoms with Crippen LogP contribution in [-0.2, 0) is 126 Å². The maximum Gasteiger partial charge on any atom is 0.322 e. The van der Waals surface area contributed by atoms with Crippen LogP contribution in [-0.4, -0.2) is 343 Å². The number of likely N-dealkylation sites (tertiary alicyclic amines) is 1. The Morgan fingerprint density at radius 1 is 0.438 bits per heavy atom. The number of carbonyl (C=O) groups excluding carboxylic acids is 21. The topological polar surface area (TPSA) is 922 Å². The van der Waals surface area contributed by atoms with Gasteiger partial charge in [-0.1, -0.05) is 68.2 Å². The van der Waals surface area contributed by atoms with E-state index in [-0.39, 0.29) is 101 Å². The van der Waals surface area contributed by atoms with Crippen molar-refractivity contribution < 1.29 is 140 Å². The summed E-state index contributed by atoms with van der Waals surface area (Å²) in [6.45, 7) is 13.8. The Kier molecular flexibility index (Phi) is 57.4. The van der Waals surface area contributed by atoms with E-state index in [1.807, 2.05) is 0 Å². The highest BCUT2D eigenvalue weighted by Gasteiger charge is 2.44. The highest BCUT2D eigenvalue weighted by atomic mass is 32.2. The molecular formula is C88H146N28O29S. The molecule has 1 aromatic heterocycles. The molecule has 0 aromatic carbocycles. The fourth-order valence-electron chi connectivity index (χ4n) is 14.4. The Morgan fingerprint density at radius 3 is 1.32 bits per heavy atom. The largest absolute Gasteiger partial charge is 0.481 e. The summed E-state index contributed by atoms with van der Waals surface area (Å²) in [6, 6.07) is -26.5. The van der Waals surface area contributed by atoms with Crippen LogP contribution in [0.2, 0.25) is 0 Å². The summed E-state index contributed by atoms with van der Waals surface area (Å²) >= 11 is 1.22. The number of carbonyl (C=O) groups is 25. The van der Waals surface area contributed by atoms with Crippen LogP contribution in [0.4, 0.5) is 0 Å². The number of carboxylic acids is 4. The summed E-state index contributed by atoms with van der Waals surface area (Å²) in [5.41, 5.74) is 27.9. The minimum absolute atomic E-state index is 0.0111. The number of carboxylic acid groups (broad SMARTS) is 4. The lowest BCUT2D eigenvalue weighted by molar-refractivity contribution is -0.146. The monoisotopic (exact) mass is 2090 g/mol. The number of hydrogen-bond acceptors (Lipinski definition) is 30. The summed E-state index contributed by atoms with van der Waals surface area (Å²) in [5.74, 6) is -30.6. The summed E-state index contributed by atoms with van der Waals surface area (Å²) in [7, 11) is 0. The number of amides is 21. The number of H-pyrrole nitrogens is 1. The van der Waals surface area contributed by atoms with Crippen LogP contribution in [0.15, 0.2) is 12.5 Å². The molecule has 1 fully saturated rings. The van der Waals surface area contributed by atoms with Gasteiger partial charge in [0.2, 0.25) is 124 Å². The zero-order valence-electron chi connectivity index (χ0n) is 83.8. The third kappa shape index (κ3) is 47.8. The van der Waals surface area contributed by atoms with Gasteiger partial charge in [0.05, 0.1) is 44.7 Å². The minimum Gasteiger partial charge on any atom is -0.481 e. The summed E-state index contributed by atoms with van der Waals surface area (Å²) in [5, 5.41) is 91.4. The van der Waals surface area contributed by atoms with Gasteiger partial charge in [-0.3, -0.25) is 125 Å². The third-order valence-corrected chi connectivity index (χ3v) is 23.6. The van der Waals surface area contributed by atoms with Crippen molar-refractivity contribution >= 4 is 166 Å². The number of guanidine groups is 1. The SMILES string of the molecule is CC[C@H](C)[C@H](NC(=O)[C@H](CC(=O)O)NC(=O)CNC(=O)[C@H](CCC(N)=O)NC(=O)[C@H](C)NC(=O)[C@H](CC(C)C)NC(=O)[C@@H](NC(=O)CNC(=O)[C@H](CCC(N)=O)NC(=O)[C@H](Cc1cnc[nH]1)NC(=O)[C@@H]1CCCN1C(=O)[C@H](CC(=O)O)NC(=O)[C@H](C)NC(=O)[C@@H](N)CCCNC(=N)N)C(C)C)C(=O)N[C@H](C(=O)N[C@@H](CCSC)C(=O)N[C@@H](CC(=O)O)C(=O)N[C@@H](C)C(=O)N[C@@H](CCCCN)C(=O)NCC(=O)O)[C@@H](C)CC. The first-order chi connectivity index (χ1) is 68.5. The molecule has 1 saturated heterocycles. The third-order valence-electron chi connectivity index (χ3n) is 23.0. The molecule has 2 heterocycles. The van der Waals surface area contributed by atoms with Gasteiger partial charge in [-0.2, -0.15) is 11.8 Å². The molecule has 58 heteroatoms. The van der Waals surface area contributed by atoms with E-state index in [0.29, 0.717) is 19.3 Å². The van der Waals surface area contributed by atoms with E-state index in [0.717, 1.165) is 4.90 Å². The highest BCUT2D eigenvalue weighted by Crippen LogP contribution is 2.22. The molecule has 35 N–H and O–H groups in total. The molecule has 0 unspecified atom stereocenters. The van der Waals surface area contributed by atoms with Gasteiger partial charge in [0.25, 0.3) is 0 Å². The van der Waals surface area contributed by atoms with Gasteiger partial charge in [0.15, 0.2) is 5.96 Å². The van der Waals surface area contributed by atoms with Gasteiger partial charge >= 0.3 is 23.9 Å². The second-order valence-electron chi connectivity index (χ2n) is 35.9. The average molecular weight is 2090 g/mol. The van der Waals surface area contributed by atoms with Gasteiger partial charge in [0.1, 0.15) is 103 Å². The highest BCUT2D eigenvalue weighted by molar-refractivity contribution is 7.98. The number of thioether (sulfide) groups is 1. The lowest BCUT2D eigenvalue weighted by Gasteiger charge is -2.31. The first-order valence-corrected chi connectivity index (χ1v) is 49.0. The fourth-order valence-corrected chi connectivity index (χ4v) is 14.8. The molecule has 0 radical (unpaired) electrons. The number of unbranched alkanes of at least 4 members (excludes halogenated alkanes) is 1. The molecule has 818 valence electrons. The maximum atomic E-state index is 14.5. The van der Waals surface area contributed by atoms with Crippen molar-refractivity contribution in [3.8, 4) is 0 Å². The van der Waals surface area contributed by atoms with Crippen LogP contribution in [0.1, 0.15) is 197 Å². The zero-order chi connectivity index (χ0) is 111. The summed E-state index contributed by atoms with van der Waals surface area (Å²) in [4.78, 5) is 344. The Balaban J connectivity index is 2.31. The Morgan fingerprint density at radius 2 is 0.849 bits per heavy atom. The Bertz CT molecular complexity index is 4700. The molecule has 1 aliphatic rings. The number of primary amides is 2. The normalized spacial score (nSPS) is 15.8. The quantitative estimate of drug-likeness (QED) is 0.0164. The van der Waals surface area contributed by atoms with E-state index in [9.17, 15) is 135 Å². The van der Waals surface area contributed by atoms with Crippen LogP contribution in [0.5, 0.6) is 0 Å². The molecule has 19 atom stereocenters. The van der Waals surface area contributed by atoms with E-state index in [1.54, 1.807) is 40.9 Å². The predicted molar refractivity (Wildman–Crippen MR) is 520 cm³/mol. The first-order valence-electron chi connectivity index (χ1n) is 47.6.